The van der Waals surface area contributed by atoms with Gasteiger partial charge in [0.15, 0.2) is 18.4 Å². The molecule has 4 atom stereocenters. The lowest BCUT2D eigenvalue weighted by Crippen LogP contribution is -2.40. The van der Waals surface area contributed by atoms with Crippen LogP contribution in [0.4, 0.5) is 0 Å². The molecule has 1 N–H and O–H groups in total. The first-order chi connectivity index (χ1) is 12.2. The van der Waals surface area contributed by atoms with Gasteiger partial charge in [0, 0.05) is 20.8 Å². The van der Waals surface area contributed by atoms with Crippen molar-refractivity contribution in [1.82, 2.24) is 14.8 Å². The van der Waals surface area contributed by atoms with Gasteiger partial charge < -0.3 is 24.1 Å². The number of aromatic carboxylic acids is 1. The summed E-state index contributed by atoms with van der Waals surface area (Å²) in [6.45, 7) is 3.21. The number of rotatable bonds is 6. The Labute approximate surface area is 147 Å². The molecule has 1 saturated heterocycles. The molecular formula is C14H17N3O9. The minimum absolute atomic E-state index is 0.276. The fourth-order valence-corrected chi connectivity index (χ4v) is 2.40. The highest BCUT2D eigenvalue weighted by molar-refractivity contribution is 5.82. The Balaban J connectivity index is 2.33. The van der Waals surface area contributed by atoms with Gasteiger partial charge in [-0.3, -0.25) is 14.4 Å². The summed E-state index contributed by atoms with van der Waals surface area (Å²) in [6, 6.07) is 0. The first-order valence-electron chi connectivity index (χ1n) is 7.46. The van der Waals surface area contributed by atoms with E-state index in [2.05, 4.69) is 10.1 Å². The number of esters is 3. The molecule has 2 rings (SSSR count). The SMILES string of the molecule is CC(=O)OC[C@H]1OC(n2cnc(C(=O)O)n2)[C@H](OC(C)=O)[C@@H]1OC(C)=O. The molecule has 0 amide bonds. The molecule has 1 aromatic rings. The highest BCUT2D eigenvalue weighted by Gasteiger charge is 2.51. The standard InChI is InChI=1S/C14H17N3O9/c1-6(18)23-4-9-10(24-7(2)19)11(25-8(3)20)13(26-9)17-5-15-12(16-17)14(21)22/h5,9-11,13H,4H2,1-3H3,(H,21,22)/t9-,10-,11-,13?/m1/s1. The number of carboxylic acids is 1. The molecule has 0 bridgehead atoms. The molecule has 142 valence electrons. The zero-order chi connectivity index (χ0) is 19.4. The van der Waals surface area contributed by atoms with Crippen LogP contribution in [0.15, 0.2) is 6.33 Å². The van der Waals surface area contributed by atoms with Crippen molar-refractivity contribution >= 4 is 23.9 Å². The van der Waals surface area contributed by atoms with Gasteiger partial charge in [0.2, 0.25) is 0 Å². The number of hydrogen-bond donors (Lipinski definition) is 1. The third-order valence-corrected chi connectivity index (χ3v) is 3.30. The van der Waals surface area contributed by atoms with Crippen molar-refractivity contribution in [2.75, 3.05) is 6.61 Å². The molecule has 0 spiro atoms. The Morgan fingerprint density at radius 2 is 1.73 bits per heavy atom. The van der Waals surface area contributed by atoms with Gasteiger partial charge in [-0.05, 0) is 0 Å². The number of carbonyl (C=O) groups is 4. The molecule has 0 radical (unpaired) electrons. The first kappa shape index (κ1) is 19.3. The Morgan fingerprint density at radius 1 is 1.12 bits per heavy atom. The predicted octanol–water partition coefficient (Wildman–Crippen LogP) is -0.700. The summed E-state index contributed by atoms with van der Waals surface area (Å²) in [5.74, 6) is -3.81. The summed E-state index contributed by atoms with van der Waals surface area (Å²) in [7, 11) is 0. The zero-order valence-electron chi connectivity index (χ0n) is 14.1. The van der Waals surface area contributed by atoms with Crippen LogP contribution in [-0.2, 0) is 33.3 Å². The smallest absolute Gasteiger partial charge is 0.375 e. The minimum atomic E-state index is -1.36. The van der Waals surface area contributed by atoms with Crippen molar-refractivity contribution in [1.29, 1.82) is 0 Å². The molecule has 12 nitrogen and oxygen atoms in total. The lowest BCUT2D eigenvalue weighted by Gasteiger charge is -2.23. The number of hydrogen-bond acceptors (Lipinski definition) is 10. The van der Waals surface area contributed by atoms with Crippen molar-refractivity contribution in [2.45, 2.75) is 45.3 Å². The molecule has 26 heavy (non-hydrogen) atoms. The van der Waals surface area contributed by atoms with Gasteiger partial charge in [-0.15, -0.1) is 5.10 Å². The van der Waals surface area contributed by atoms with Crippen molar-refractivity contribution in [2.24, 2.45) is 0 Å². The molecule has 0 aromatic carbocycles. The highest BCUT2D eigenvalue weighted by atomic mass is 16.7. The maximum Gasteiger partial charge on any atom is 0.375 e. The largest absolute Gasteiger partial charge is 0.475 e. The highest BCUT2D eigenvalue weighted by Crippen LogP contribution is 2.33. The van der Waals surface area contributed by atoms with Crippen LogP contribution in [0.25, 0.3) is 0 Å². The summed E-state index contributed by atoms with van der Waals surface area (Å²) < 4.78 is 21.9. The minimum Gasteiger partial charge on any atom is -0.475 e. The third-order valence-electron chi connectivity index (χ3n) is 3.30. The molecule has 12 heteroatoms. The maximum atomic E-state index is 11.5. The molecule has 1 aliphatic heterocycles. The van der Waals surface area contributed by atoms with Crippen LogP contribution in [-0.4, -0.2) is 68.7 Å². The van der Waals surface area contributed by atoms with E-state index in [1.165, 1.54) is 6.92 Å². The molecular weight excluding hydrogens is 354 g/mol. The molecule has 2 heterocycles. The molecule has 1 aromatic heterocycles. The Kier molecular flexibility index (Phi) is 5.87. The topological polar surface area (TPSA) is 156 Å². The van der Waals surface area contributed by atoms with Gasteiger partial charge in [0.05, 0.1) is 0 Å². The van der Waals surface area contributed by atoms with Gasteiger partial charge in [-0.1, -0.05) is 0 Å². The molecule has 1 aliphatic rings. The summed E-state index contributed by atoms with van der Waals surface area (Å²) in [5, 5.41) is 12.7. The molecule has 0 saturated carbocycles. The van der Waals surface area contributed by atoms with Crippen LogP contribution >= 0.6 is 0 Å². The van der Waals surface area contributed by atoms with E-state index in [0.717, 1.165) is 24.9 Å². The van der Waals surface area contributed by atoms with Crippen LogP contribution < -0.4 is 0 Å². The maximum absolute atomic E-state index is 11.5. The van der Waals surface area contributed by atoms with Gasteiger partial charge in [-0.25, -0.2) is 14.5 Å². The third kappa shape index (κ3) is 4.53. The van der Waals surface area contributed by atoms with E-state index in [4.69, 9.17) is 24.1 Å². The second-order valence-corrected chi connectivity index (χ2v) is 5.37. The number of carbonyl (C=O) groups excluding carboxylic acids is 3. The fraction of sp³-hybridized carbons (Fsp3) is 0.571. The number of nitrogens with zero attached hydrogens (tertiary/aromatic N) is 3. The van der Waals surface area contributed by atoms with Crippen LogP contribution in [0, 0.1) is 0 Å². The molecule has 0 aliphatic carbocycles. The Bertz CT molecular complexity index is 716. The number of carboxylic acid groups (broad SMARTS) is 1. The van der Waals surface area contributed by atoms with Crippen molar-refractivity contribution in [3.63, 3.8) is 0 Å². The van der Waals surface area contributed by atoms with Crippen molar-refractivity contribution in [3.05, 3.63) is 12.2 Å². The van der Waals surface area contributed by atoms with Gasteiger partial charge in [0.25, 0.3) is 5.82 Å². The van der Waals surface area contributed by atoms with Crippen LogP contribution in [0.1, 0.15) is 37.6 Å². The van der Waals surface area contributed by atoms with Crippen LogP contribution in [0.5, 0.6) is 0 Å². The average molecular weight is 371 g/mol. The van der Waals surface area contributed by atoms with Crippen molar-refractivity contribution in [3.8, 4) is 0 Å². The van der Waals surface area contributed by atoms with Crippen molar-refractivity contribution < 1.29 is 43.2 Å². The second-order valence-electron chi connectivity index (χ2n) is 5.37. The van der Waals surface area contributed by atoms with Gasteiger partial charge in [0.1, 0.15) is 19.0 Å². The summed E-state index contributed by atoms with van der Waals surface area (Å²) in [6.07, 6.45) is -3.28. The van der Waals surface area contributed by atoms with E-state index in [0.29, 0.717) is 0 Å². The monoisotopic (exact) mass is 371 g/mol. The van der Waals surface area contributed by atoms with E-state index >= 15 is 0 Å². The second kappa shape index (κ2) is 7.91. The Morgan fingerprint density at radius 3 is 2.23 bits per heavy atom. The van der Waals surface area contributed by atoms with E-state index in [-0.39, 0.29) is 6.61 Å². The quantitative estimate of drug-likeness (QED) is 0.498. The van der Waals surface area contributed by atoms with E-state index in [9.17, 15) is 19.2 Å². The zero-order valence-corrected chi connectivity index (χ0v) is 14.1. The summed E-state index contributed by atoms with van der Waals surface area (Å²) in [5.41, 5.74) is 0. The first-order valence-corrected chi connectivity index (χ1v) is 7.46. The number of aromatic nitrogens is 3. The molecule has 1 unspecified atom stereocenters. The lowest BCUT2D eigenvalue weighted by atomic mass is 10.1. The van der Waals surface area contributed by atoms with Crippen LogP contribution in [0.2, 0.25) is 0 Å². The summed E-state index contributed by atoms with van der Waals surface area (Å²) in [4.78, 5) is 48.5. The van der Waals surface area contributed by atoms with E-state index in [1.54, 1.807) is 0 Å². The average Bonchev–Trinajstić information content (AvgIpc) is 3.11. The van der Waals surface area contributed by atoms with Gasteiger partial charge in [-0.2, -0.15) is 0 Å². The van der Waals surface area contributed by atoms with Crippen LogP contribution in [0.3, 0.4) is 0 Å². The number of ether oxygens (including phenoxy) is 4. The van der Waals surface area contributed by atoms with E-state index < -0.39 is 54.2 Å². The fourth-order valence-electron chi connectivity index (χ4n) is 2.40. The van der Waals surface area contributed by atoms with Gasteiger partial charge >= 0.3 is 23.9 Å². The predicted molar refractivity (Wildman–Crippen MR) is 78.6 cm³/mol. The van der Waals surface area contributed by atoms with E-state index in [1.807, 2.05) is 0 Å². The normalized spacial score (nSPS) is 24.7. The Hall–Kier alpha value is -3.02. The summed E-state index contributed by atoms with van der Waals surface area (Å²) >= 11 is 0. The lowest BCUT2D eigenvalue weighted by molar-refractivity contribution is -0.166. The molecule has 1 fully saturated rings.